The number of aliphatic imine (C=N–C) groups is 1. The number of guanidine groups is 1. The van der Waals surface area contributed by atoms with Gasteiger partial charge in [-0.3, -0.25) is 4.99 Å². The summed E-state index contributed by atoms with van der Waals surface area (Å²) in [5.74, 6) is 1.45. The van der Waals surface area contributed by atoms with Crippen LogP contribution in [0.25, 0.3) is 0 Å². The van der Waals surface area contributed by atoms with Gasteiger partial charge in [0.2, 0.25) is 0 Å². The molecule has 6 nitrogen and oxygen atoms in total. The summed E-state index contributed by atoms with van der Waals surface area (Å²) in [5, 5.41) is 7.17. The lowest BCUT2D eigenvalue weighted by Gasteiger charge is -2.20. The fourth-order valence-electron chi connectivity index (χ4n) is 2.96. The Bertz CT molecular complexity index is 794. The quantitative estimate of drug-likeness (QED) is 0.265. The van der Waals surface area contributed by atoms with Crippen molar-refractivity contribution >= 4 is 47.4 Å². The number of rotatable bonds is 6. The topological polar surface area (TPSA) is 61.8 Å². The Labute approximate surface area is 186 Å². The van der Waals surface area contributed by atoms with E-state index in [2.05, 4.69) is 20.6 Å². The standard InChI is InChI=1S/C19H23ClFN5O.HI/c1-22-19(24-10-12-27-17-7-3-2-5-15(17)20)25-14-8-11-26(13-14)18-16(21)6-4-9-23-18;/h2-7,9,14H,8,10-13H2,1H3,(H2,22,24,25);1H. The Hall–Kier alpha value is -1.81. The van der Waals surface area contributed by atoms with Crippen LogP contribution in [0, 0.1) is 5.82 Å². The van der Waals surface area contributed by atoms with Gasteiger partial charge in [0.15, 0.2) is 17.6 Å². The molecule has 0 amide bonds. The molecule has 1 aliphatic heterocycles. The molecular formula is C19H24ClFIN5O. The molecule has 28 heavy (non-hydrogen) atoms. The molecular weight excluding hydrogens is 496 g/mol. The molecule has 0 spiro atoms. The van der Waals surface area contributed by atoms with Crippen molar-refractivity contribution in [2.24, 2.45) is 4.99 Å². The molecule has 1 fully saturated rings. The number of anilines is 1. The van der Waals surface area contributed by atoms with E-state index in [4.69, 9.17) is 16.3 Å². The number of pyridine rings is 1. The molecule has 152 valence electrons. The molecule has 3 rings (SSSR count). The highest BCUT2D eigenvalue weighted by Crippen LogP contribution is 2.23. The van der Waals surface area contributed by atoms with Crippen molar-refractivity contribution in [2.75, 3.05) is 38.2 Å². The zero-order chi connectivity index (χ0) is 19.1. The average Bonchev–Trinajstić information content (AvgIpc) is 3.14. The van der Waals surface area contributed by atoms with Crippen LogP contribution < -0.4 is 20.3 Å². The molecule has 1 aliphatic rings. The lowest BCUT2D eigenvalue weighted by molar-refractivity contribution is 0.322. The summed E-state index contributed by atoms with van der Waals surface area (Å²) >= 11 is 6.06. The van der Waals surface area contributed by atoms with Crippen LogP contribution in [0.15, 0.2) is 47.6 Å². The van der Waals surface area contributed by atoms with E-state index in [-0.39, 0.29) is 35.8 Å². The molecule has 0 radical (unpaired) electrons. The van der Waals surface area contributed by atoms with Gasteiger partial charge < -0.3 is 20.3 Å². The van der Waals surface area contributed by atoms with Crippen LogP contribution in [0.3, 0.4) is 0 Å². The number of aromatic nitrogens is 1. The highest BCUT2D eigenvalue weighted by molar-refractivity contribution is 14.0. The number of hydrogen-bond acceptors (Lipinski definition) is 4. The van der Waals surface area contributed by atoms with E-state index < -0.39 is 0 Å². The van der Waals surface area contributed by atoms with Crippen LogP contribution in [-0.2, 0) is 0 Å². The van der Waals surface area contributed by atoms with Gasteiger partial charge in [0, 0.05) is 32.4 Å². The van der Waals surface area contributed by atoms with Gasteiger partial charge in [-0.05, 0) is 30.7 Å². The fourth-order valence-corrected chi connectivity index (χ4v) is 3.15. The number of hydrogen-bond donors (Lipinski definition) is 2. The summed E-state index contributed by atoms with van der Waals surface area (Å²) in [7, 11) is 1.72. The van der Waals surface area contributed by atoms with E-state index in [0.717, 1.165) is 13.0 Å². The first kappa shape index (κ1) is 22.5. The number of ether oxygens (including phenoxy) is 1. The normalized spacial score (nSPS) is 16.5. The monoisotopic (exact) mass is 519 g/mol. The predicted octanol–water partition coefficient (Wildman–Crippen LogP) is 3.31. The number of nitrogens with zero attached hydrogens (tertiary/aromatic N) is 3. The fraction of sp³-hybridized carbons (Fsp3) is 0.368. The maximum Gasteiger partial charge on any atom is 0.191 e. The minimum Gasteiger partial charge on any atom is -0.490 e. The lowest BCUT2D eigenvalue weighted by atomic mass is 10.3. The molecule has 2 N–H and O–H groups in total. The summed E-state index contributed by atoms with van der Waals surface area (Å²) in [6.45, 7) is 2.46. The summed E-state index contributed by atoms with van der Waals surface area (Å²) < 4.78 is 19.5. The smallest absolute Gasteiger partial charge is 0.191 e. The first-order chi connectivity index (χ1) is 13.2. The van der Waals surface area contributed by atoms with E-state index >= 15 is 0 Å². The average molecular weight is 520 g/mol. The Morgan fingerprint density at radius 3 is 2.93 bits per heavy atom. The Kier molecular flexibility index (Phi) is 9.04. The molecule has 1 atom stereocenters. The molecule has 0 aliphatic carbocycles. The van der Waals surface area contributed by atoms with Crippen molar-refractivity contribution in [2.45, 2.75) is 12.5 Å². The van der Waals surface area contributed by atoms with Gasteiger partial charge in [-0.1, -0.05) is 23.7 Å². The largest absolute Gasteiger partial charge is 0.490 e. The SMILES string of the molecule is CN=C(NCCOc1ccccc1Cl)NC1CCN(c2ncccc2F)C1.I. The van der Waals surface area contributed by atoms with Crippen LogP contribution in [0.1, 0.15) is 6.42 Å². The number of nitrogens with one attached hydrogen (secondary N) is 2. The molecule has 1 aromatic heterocycles. The van der Waals surface area contributed by atoms with Gasteiger partial charge >= 0.3 is 0 Å². The summed E-state index contributed by atoms with van der Waals surface area (Å²) in [4.78, 5) is 10.3. The Morgan fingerprint density at radius 1 is 1.36 bits per heavy atom. The van der Waals surface area contributed by atoms with Crippen LogP contribution in [0.2, 0.25) is 5.02 Å². The van der Waals surface area contributed by atoms with E-state index in [1.165, 1.54) is 6.07 Å². The minimum atomic E-state index is -0.294. The van der Waals surface area contributed by atoms with Crippen molar-refractivity contribution in [3.05, 3.63) is 53.4 Å². The van der Waals surface area contributed by atoms with E-state index in [9.17, 15) is 4.39 Å². The van der Waals surface area contributed by atoms with Crippen molar-refractivity contribution in [3.8, 4) is 5.75 Å². The third-order valence-electron chi connectivity index (χ3n) is 4.28. The van der Waals surface area contributed by atoms with Crippen LogP contribution in [0.4, 0.5) is 10.2 Å². The molecule has 2 heterocycles. The molecule has 2 aromatic rings. The van der Waals surface area contributed by atoms with Crippen LogP contribution in [0.5, 0.6) is 5.75 Å². The number of benzene rings is 1. The summed E-state index contributed by atoms with van der Waals surface area (Å²) in [6, 6.07) is 10.6. The van der Waals surface area contributed by atoms with Crippen LogP contribution in [-0.4, -0.2) is 50.3 Å². The first-order valence-electron chi connectivity index (χ1n) is 8.87. The highest BCUT2D eigenvalue weighted by Gasteiger charge is 2.25. The minimum absolute atomic E-state index is 0. The zero-order valence-corrected chi connectivity index (χ0v) is 18.7. The van der Waals surface area contributed by atoms with E-state index in [0.29, 0.717) is 42.2 Å². The maximum absolute atomic E-state index is 13.9. The third-order valence-corrected chi connectivity index (χ3v) is 4.59. The zero-order valence-electron chi connectivity index (χ0n) is 15.6. The second-order valence-electron chi connectivity index (χ2n) is 6.16. The lowest BCUT2D eigenvalue weighted by Crippen LogP contribution is -2.45. The molecule has 9 heteroatoms. The first-order valence-corrected chi connectivity index (χ1v) is 9.25. The summed E-state index contributed by atoms with van der Waals surface area (Å²) in [6.07, 6.45) is 2.49. The third kappa shape index (κ3) is 6.10. The molecule has 1 saturated heterocycles. The maximum atomic E-state index is 13.9. The van der Waals surface area contributed by atoms with Gasteiger partial charge in [0.1, 0.15) is 12.4 Å². The Balaban J connectivity index is 0.00000280. The van der Waals surface area contributed by atoms with Gasteiger partial charge in [-0.2, -0.15) is 0 Å². The van der Waals surface area contributed by atoms with E-state index in [1.807, 2.05) is 23.1 Å². The molecule has 0 bridgehead atoms. The van der Waals surface area contributed by atoms with Crippen LogP contribution >= 0.6 is 35.6 Å². The van der Waals surface area contributed by atoms with E-state index in [1.54, 1.807) is 25.4 Å². The van der Waals surface area contributed by atoms with Crippen molar-refractivity contribution in [1.82, 2.24) is 15.6 Å². The van der Waals surface area contributed by atoms with Crippen molar-refractivity contribution in [3.63, 3.8) is 0 Å². The molecule has 1 unspecified atom stereocenters. The van der Waals surface area contributed by atoms with Gasteiger partial charge in [-0.15, -0.1) is 24.0 Å². The molecule has 0 saturated carbocycles. The van der Waals surface area contributed by atoms with Gasteiger partial charge in [0.25, 0.3) is 0 Å². The van der Waals surface area contributed by atoms with Crippen molar-refractivity contribution in [1.29, 1.82) is 0 Å². The Morgan fingerprint density at radius 2 is 2.18 bits per heavy atom. The number of halogens is 3. The number of para-hydroxylation sites is 1. The predicted molar refractivity (Wildman–Crippen MR) is 122 cm³/mol. The highest BCUT2D eigenvalue weighted by atomic mass is 127. The second-order valence-corrected chi connectivity index (χ2v) is 6.57. The summed E-state index contributed by atoms with van der Waals surface area (Å²) in [5.41, 5.74) is 0. The van der Waals surface area contributed by atoms with Gasteiger partial charge in [0.05, 0.1) is 11.6 Å². The molecule has 1 aromatic carbocycles. The van der Waals surface area contributed by atoms with Crippen molar-refractivity contribution < 1.29 is 9.13 Å². The second kappa shape index (κ2) is 11.3. The van der Waals surface area contributed by atoms with Gasteiger partial charge in [-0.25, -0.2) is 9.37 Å².